The van der Waals surface area contributed by atoms with Gasteiger partial charge in [0.2, 0.25) is 0 Å². The Bertz CT molecular complexity index is 769. The minimum absolute atomic E-state index is 0.147. The summed E-state index contributed by atoms with van der Waals surface area (Å²) in [4.78, 5) is 26.4. The molecule has 4 amide bonds. The van der Waals surface area contributed by atoms with E-state index in [0.717, 1.165) is 0 Å². The monoisotopic (exact) mass is 381 g/mol. The van der Waals surface area contributed by atoms with Gasteiger partial charge >= 0.3 is 12.1 Å². The van der Waals surface area contributed by atoms with Crippen LogP contribution in [0, 0.1) is 0 Å². The van der Waals surface area contributed by atoms with Crippen molar-refractivity contribution in [3.8, 4) is 11.3 Å². The van der Waals surface area contributed by atoms with Crippen molar-refractivity contribution in [2.24, 2.45) is 23.2 Å². The van der Waals surface area contributed by atoms with Gasteiger partial charge in [0.1, 0.15) is 5.69 Å². The summed E-state index contributed by atoms with van der Waals surface area (Å²) in [5, 5.41) is 8.63. The molecule has 8 N–H and O–H groups in total. The van der Waals surface area contributed by atoms with Gasteiger partial charge in [0.15, 0.2) is 5.82 Å². The number of benzene rings is 1. The Labute approximate surface area is 138 Å². The molecule has 23 heavy (non-hydrogen) atoms. The fourth-order valence-corrected chi connectivity index (χ4v) is 2.08. The molecule has 0 saturated carbocycles. The van der Waals surface area contributed by atoms with Crippen LogP contribution < -0.4 is 33.2 Å². The van der Waals surface area contributed by atoms with E-state index in [0.29, 0.717) is 20.1 Å². The number of hydrazine groups is 2. The molecule has 120 valence electrons. The van der Waals surface area contributed by atoms with Crippen LogP contribution in [0.3, 0.4) is 0 Å². The standard InChI is InChI=1S/C11H12BrN9O2/c12-6-4-2-1-3-5(6)7-8(20(15)9(13)22)17-11(19-18-7)21(16)10(14)23/h1-4H,15-16H2,(H2,13,22)(H2,14,23). The molecule has 2 rings (SSSR count). The Balaban J connectivity index is 2.65. The molecule has 12 heteroatoms. The van der Waals surface area contributed by atoms with Crippen molar-refractivity contribution < 1.29 is 9.59 Å². The van der Waals surface area contributed by atoms with Crippen LogP contribution >= 0.6 is 15.9 Å². The van der Waals surface area contributed by atoms with Gasteiger partial charge in [-0.3, -0.25) is 0 Å². The van der Waals surface area contributed by atoms with Crippen LogP contribution in [0.5, 0.6) is 0 Å². The molecule has 1 aromatic heterocycles. The number of carbonyl (C=O) groups excluding carboxylic acids is 2. The maximum Gasteiger partial charge on any atom is 0.336 e. The Morgan fingerprint density at radius 3 is 2.17 bits per heavy atom. The lowest BCUT2D eigenvalue weighted by molar-refractivity contribution is 0.253. The zero-order valence-electron chi connectivity index (χ0n) is 11.5. The molecule has 0 fully saturated rings. The first kappa shape index (κ1) is 16.5. The first-order valence-corrected chi connectivity index (χ1v) is 6.80. The lowest BCUT2D eigenvalue weighted by Crippen LogP contribution is -2.45. The van der Waals surface area contributed by atoms with E-state index in [-0.39, 0.29) is 17.5 Å². The van der Waals surface area contributed by atoms with Gasteiger partial charge in [-0.1, -0.05) is 34.1 Å². The van der Waals surface area contributed by atoms with Gasteiger partial charge < -0.3 is 11.5 Å². The van der Waals surface area contributed by atoms with Crippen LogP contribution in [0.2, 0.25) is 0 Å². The Morgan fingerprint density at radius 2 is 1.61 bits per heavy atom. The second-order valence-electron chi connectivity index (χ2n) is 4.18. The molecule has 0 radical (unpaired) electrons. The third-order valence-corrected chi connectivity index (χ3v) is 3.40. The van der Waals surface area contributed by atoms with E-state index in [4.69, 9.17) is 23.2 Å². The SMILES string of the molecule is NC(=O)N(N)c1nnc(-c2ccccc2Br)c(N(N)C(N)=O)n1. The molecule has 0 aliphatic heterocycles. The maximum absolute atomic E-state index is 11.4. The fourth-order valence-electron chi connectivity index (χ4n) is 1.61. The number of urea groups is 2. The van der Waals surface area contributed by atoms with Crippen molar-refractivity contribution in [2.75, 3.05) is 10.0 Å². The van der Waals surface area contributed by atoms with E-state index in [9.17, 15) is 9.59 Å². The van der Waals surface area contributed by atoms with Crippen molar-refractivity contribution in [1.29, 1.82) is 0 Å². The third kappa shape index (κ3) is 3.33. The van der Waals surface area contributed by atoms with Crippen LogP contribution in [0.1, 0.15) is 0 Å². The van der Waals surface area contributed by atoms with Gasteiger partial charge in [0.25, 0.3) is 5.95 Å². The number of hydrogen-bond acceptors (Lipinski definition) is 7. The Morgan fingerprint density at radius 1 is 1.00 bits per heavy atom. The normalized spacial score (nSPS) is 10.2. The van der Waals surface area contributed by atoms with Crippen molar-refractivity contribution in [3.05, 3.63) is 28.7 Å². The smallest absolute Gasteiger partial charge is 0.336 e. The Hall–Kier alpha value is -2.83. The quantitative estimate of drug-likeness (QED) is 0.322. The van der Waals surface area contributed by atoms with Gasteiger partial charge in [-0.25, -0.2) is 26.3 Å². The van der Waals surface area contributed by atoms with Crippen LogP contribution in [-0.4, -0.2) is 27.2 Å². The summed E-state index contributed by atoms with van der Waals surface area (Å²) in [6.45, 7) is 0. The molecule has 11 nitrogen and oxygen atoms in total. The number of carbonyl (C=O) groups is 2. The maximum atomic E-state index is 11.4. The predicted molar refractivity (Wildman–Crippen MR) is 85.5 cm³/mol. The molecular weight excluding hydrogens is 370 g/mol. The van der Waals surface area contributed by atoms with Crippen LogP contribution in [0.25, 0.3) is 11.3 Å². The van der Waals surface area contributed by atoms with Gasteiger partial charge in [-0.05, 0) is 6.07 Å². The van der Waals surface area contributed by atoms with Crippen LogP contribution in [0.4, 0.5) is 21.4 Å². The molecule has 0 unspecified atom stereocenters. The number of nitrogens with zero attached hydrogens (tertiary/aromatic N) is 5. The van der Waals surface area contributed by atoms with E-state index in [2.05, 4.69) is 31.1 Å². The first-order chi connectivity index (χ1) is 10.8. The lowest BCUT2D eigenvalue weighted by atomic mass is 10.1. The molecule has 2 aromatic rings. The fraction of sp³-hybridized carbons (Fsp3) is 0. The molecule has 0 spiro atoms. The van der Waals surface area contributed by atoms with E-state index in [1.54, 1.807) is 24.3 Å². The van der Waals surface area contributed by atoms with Gasteiger partial charge in [0, 0.05) is 10.0 Å². The molecular formula is C11H12BrN9O2. The average Bonchev–Trinajstić information content (AvgIpc) is 2.53. The number of nitrogens with two attached hydrogens (primary N) is 4. The number of aromatic nitrogens is 3. The van der Waals surface area contributed by atoms with Crippen molar-refractivity contribution in [1.82, 2.24) is 15.2 Å². The second kappa shape index (κ2) is 6.51. The van der Waals surface area contributed by atoms with Gasteiger partial charge in [-0.2, -0.15) is 9.99 Å². The second-order valence-corrected chi connectivity index (χ2v) is 5.03. The summed E-state index contributed by atoms with van der Waals surface area (Å²) in [6.07, 6.45) is 0. The zero-order valence-corrected chi connectivity index (χ0v) is 13.1. The average molecular weight is 382 g/mol. The summed E-state index contributed by atoms with van der Waals surface area (Å²) < 4.78 is 0.655. The molecule has 0 aliphatic carbocycles. The van der Waals surface area contributed by atoms with Crippen LogP contribution in [-0.2, 0) is 0 Å². The number of rotatable bonds is 3. The van der Waals surface area contributed by atoms with E-state index in [1.807, 2.05) is 0 Å². The number of primary amides is 2. The van der Waals surface area contributed by atoms with E-state index < -0.39 is 12.1 Å². The number of halogens is 1. The van der Waals surface area contributed by atoms with Crippen molar-refractivity contribution >= 4 is 39.8 Å². The van der Waals surface area contributed by atoms with Crippen LogP contribution in [0.15, 0.2) is 28.7 Å². The topological polar surface area (TPSA) is 183 Å². The molecule has 0 atom stereocenters. The first-order valence-electron chi connectivity index (χ1n) is 6.01. The minimum atomic E-state index is -1.02. The highest BCUT2D eigenvalue weighted by molar-refractivity contribution is 9.10. The molecule has 1 heterocycles. The highest BCUT2D eigenvalue weighted by Gasteiger charge is 2.22. The number of hydrogen-bond donors (Lipinski definition) is 4. The van der Waals surface area contributed by atoms with Crippen molar-refractivity contribution in [2.45, 2.75) is 0 Å². The largest absolute Gasteiger partial charge is 0.350 e. The van der Waals surface area contributed by atoms with Gasteiger partial charge in [-0.15, -0.1) is 10.2 Å². The number of amides is 4. The number of anilines is 2. The summed E-state index contributed by atoms with van der Waals surface area (Å²) in [7, 11) is 0. The summed E-state index contributed by atoms with van der Waals surface area (Å²) in [6, 6.07) is 4.95. The molecule has 0 bridgehead atoms. The molecule has 0 aliphatic rings. The lowest BCUT2D eigenvalue weighted by Gasteiger charge is -2.18. The summed E-state index contributed by atoms with van der Waals surface area (Å²) >= 11 is 3.34. The van der Waals surface area contributed by atoms with Gasteiger partial charge in [0.05, 0.1) is 0 Å². The predicted octanol–water partition coefficient (Wildman–Crippen LogP) is -0.181. The molecule has 1 aromatic carbocycles. The van der Waals surface area contributed by atoms with E-state index >= 15 is 0 Å². The Kier molecular flexibility index (Phi) is 4.68. The third-order valence-electron chi connectivity index (χ3n) is 2.70. The molecule has 0 saturated heterocycles. The minimum Gasteiger partial charge on any atom is -0.350 e. The summed E-state index contributed by atoms with van der Waals surface area (Å²) in [5.41, 5.74) is 10.9. The highest BCUT2D eigenvalue weighted by Crippen LogP contribution is 2.32. The zero-order chi connectivity index (χ0) is 17.1. The van der Waals surface area contributed by atoms with E-state index in [1.165, 1.54) is 0 Å². The van der Waals surface area contributed by atoms with Crippen molar-refractivity contribution in [3.63, 3.8) is 0 Å². The summed E-state index contributed by atoms with van der Waals surface area (Å²) in [5.74, 6) is 10.5. The highest BCUT2D eigenvalue weighted by atomic mass is 79.9.